The van der Waals surface area contributed by atoms with Crippen molar-refractivity contribution in [1.29, 1.82) is 0 Å². The van der Waals surface area contributed by atoms with E-state index in [1.165, 1.54) is 6.92 Å². The van der Waals surface area contributed by atoms with Crippen LogP contribution in [0.2, 0.25) is 5.02 Å². The van der Waals surface area contributed by atoms with Gasteiger partial charge in [0.05, 0.1) is 12.2 Å². The first-order chi connectivity index (χ1) is 14.2. The minimum Gasteiger partial charge on any atom is -0.493 e. The van der Waals surface area contributed by atoms with Crippen LogP contribution in [0.1, 0.15) is 48.4 Å². The van der Waals surface area contributed by atoms with Gasteiger partial charge in [0, 0.05) is 10.6 Å². The summed E-state index contributed by atoms with van der Waals surface area (Å²) in [5.41, 5.74) is 0.707. The highest BCUT2D eigenvalue weighted by Gasteiger charge is 2.30. The van der Waals surface area contributed by atoms with E-state index in [4.69, 9.17) is 21.1 Å². The van der Waals surface area contributed by atoms with Gasteiger partial charge in [0.25, 0.3) is 5.91 Å². The van der Waals surface area contributed by atoms with Gasteiger partial charge in [-0.15, -0.1) is 0 Å². The van der Waals surface area contributed by atoms with Crippen LogP contribution in [0.5, 0.6) is 5.75 Å². The molecule has 1 N–H and O–H groups in total. The molecule has 1 unspecified atom stereocenters. The molecule has 2 atom stereocenters. The van der Waals surface area contributed by atoms with Gasteiger partial charge in [-0.1, -0.05) is 37.6 Å². The number of para-hydroxylation sites is 1. The van der Waals surface area contributed by atoms with Crippen molar-refractivity contribution in [2.45, 2.75) is 39.8 Å². The molecule has 0 heterocycles. The van der Waals surface area contributed by atoms with Crippen molar-refractivity contribution in [2.24, 2.45) is 5.92 Å². The van der Waals surface area contributed by atoms with Crippen LogP contribution in [0.3, 0.4) is 0 Å². The predicted octanol–water partition coefficient (Wildman–Crippen LogP) is 4.31. The third-order valence-electron chi connectivity index (χ3n) is 4.43. The van der Waals surface area contributed by atoms with Crippen LogP contribution < -0.4 is 10.1 Å². The fourth-order valence-corrected chi connectivity index (χ4v) is 2.93. The van der Waals surface area contributed by atoms with E-state index in [2.05, 4.69) is 5.32 Å². The maximum atomic E-state index is 12.8. The third kappa shape index (κ3) is 6.07. The zero-order valence-corrected chi connectivity index (χ0v) is 18.2. The summed E-state index contributed by atoms with van der Waals surface area (Å²) in [6.07, 6.45) is -1.01. The number of Topliss-reactive ketones (excluding diaryl/α,β-unsaturated/α-hetero) is 1. The van der Waals surface area contributed by atoms with Gasteiger partial charge in [-0.2, -0.15) is 0 Å². The molecule has 30 heavy (non-hydrogen) atoms. The molecule has 0 fully saturated rings. The SMILES string of the molecule is CCOc1ccccc1C(=O)N[C@H](C(=O)OC(C)C(=O)c1ccc(Cl)cc1)C(C)C. The highest BCUT2D eigenvalue weighted by atomic mass is 35.5. The van der Waals surface area contributed by atoms with Crippen molar-refractivity contribution < 1.29 is 23.9 Å². The van der Waals surface area contributed by atoms with Crippen molar-refractivity contribution in [3.63, 3.8) is 0 Å². The van der Waals surface area contributed by atoms with E-state index in [0.717, 1.165) is 0 Å². The van der Waals surface area contributed by atoms with Gasteiger partial charge in [-0.25, -0.2) is 4.79 Å². The number of halogens is 1. The number of amides is 1. The molecule has 7 heteroatoms. The average Bonchev–Trinajstić information content (AvgIpc) is 2.72. The summed E-state index contributed by atoms with van der Waals surface area (Å²) in [6, 6.07) is 12.2. The molecule has 0 saturated heterocycles. The molecule has 0 radical (unpaired) electrons. The summed E-state index contributed by atoms with van der Waals surface area (Å²) < 4.78 is 10.9. The molecule has 0 aliphatic rings. The first-order valence-electron chi connectivity index (χ1n) is 9.77. The monoisotopic (exact) mass is 431 g/mol. The summed E-state index contributed by atoms with van der Waals surface area (Å²) in [5.74, 6) is -1.30. The van der Waals surface area contributed by atoms with Crippen molar-refractivity contribution in [3.05, 3.63) is 64.7 Å². The van der Waals surface area contributed by atoms with Gasteiger partial charge in [0.2, 0.25) is 5.78 Å². The van der Waals surface area contributed by atoms with E-state index in [1.807, 2.05) is 6.92 Å². The number of carbonyl (C=O) groups is 3. The van der Waals surface area contributed by atoms with Crippen LogP contribution in [0.4, 0.5) is 0 Å². The van der Waals surface area contributed by atoms with E-state index in [0.29, 0.717) is 28.5 Å². The Morgan fingerprint density at radius 2 is 1.63 bits per heavy atom. The molecule has 0 aliphatic heterocycles. The number of nitrogens with one attached hydrogen (secondary N) is 1. The van der Waals surface area contributed by atoms with Crippen LogP contribution in [0, 0.1) is 5.92 Å². The number of ether oxygens (including phenoxy) is 2. The predicted molar refractivity (Wildman–Crippen MR) is 115 cm³/mol. The molecule has 0 aliphatic carbocycles. The molecular weight excluding hydrogens is 406 g/mol. The van der Waals surface area contributed by atoms with Gasteiger partial charge < -0.3 is 14.8 Å². The van der Waals surface area contributed by atoms with Crippen LogP contribution >= 0.6 is 11.6 Å². The van der Waals surface area contributed by atoms with Crippen LogP contribution in [-0.4, -0.2) is 36.4 Å². The van der Waals surface area contributed by atoms with E-state index in [-0.39, 0.29) is 11.7 Å². The fraction of sp³-hybridized carbons (Fsp3) is 0.348. The van der Waals surface area contributed by atoms with Gasteiger partial charge in [-0.05, 0) is 56.2 Å². The molecule has 2 rings (SSSR count). The second-order valence-corrected chi connectivity index (χ2v) is 7.51. The average molecular weight is 432 g/mol. The molecular formula is C23H26ClNO5. The van der Waals surface area contributed by atoms with Gasteiger partial charge >= 0.3 is 5.97 Å². The minimum absolute atomic E-state index is 0.251. The van der Waals surface area contributed by atoms with Gasteiger partial charge in [-0.3, -0.25) is 9.59 Å². The first-order valence-corrected chi connectivity index (χ1v) is 10.1. The lowest BCUT2D eigenvalue weighted by Gasteiger charge is -2.23. The summed E-state index contributed by atoms with van der Waals surface area (Å²) >= 11 is 5.84. The molecule has 160 valence electrons. The largest absolute Gasteiger partial charge is 0.493 e. The summed E-state index contributed by atoms with van der Waals surface area (Å²) in [6.45, 7) is 7.30. The number of rotatable bonds is 9. The molecule has 0 bridgehead atoms. The van der Waals surface area contributed by atoms with Crippen molar-refractivity contribution >= 4 is 29.3 Å². The van der Waals surface area contributed by atoms with Crippen molar-refractivity contribution in [1.82, 2.24) is 5.32 Å². The fourth-order valence-electron chi connectivity index (χ4n) is 2.80. The van der Waals surface area contributed by atoms with E-state index < -0.39 is 24.0 Å². The number of carbonyl (C=O) groups excluding carboxylic acids is 3. The minimum atomic E-state index is -1.01. The Balaban J connectivity index is 2.10. The lowest BCUT2D eigenvalue weighted by Crippen LogP contribution is -2.46. The molecule has 2 aromatic carbocycles. The van der Waals surface area contributed by atoms with E-state index in [9.17, 15) is 14.4 Å². The second-order valence-electron chi connectivity index (χ2n) is 7.07. The zero-order valence-electron chi connectivity index (χ0n) is 17.5. The van der Waals surface area contributed by atoms with Gasteiger partial charge in [0.1, 0.15) is 11.8 Å². The lowest BCUT2D eigenvalue weighted by atomic mass is 10.0. The number of esters is 1. The Hall–Kier alpha value is -2.86. The first kappa shape index (κ1) is 23.4. The quantitative estimate of drug-likeness (QED) is 0.472. The topological polar surface area (TPSA) is 81.7 Å². The third-order valence-corrected chi connectivity index (χ3v) is 4.68. The van der Waals surface area contributed by atoms with E-state index in [1.54, 1.807) is 62.4 Å². The molecule has 6 nitrogen and oxygen atoms in total. The Morgan fingerprint density at radius 3 is 2.23 bits per heavy atom. The lowest BCUT2D eigenvalue weighted by molar-refractivity contribution is -0.149. The summed E-state index contributed by atoms with van der Waals surface area (Å²) in [4.78, 5) is 38.0. The number of hydrogen-bond acceptors (Lipinski definition) is 5. The van der Waals surface area contributed by atoms with Crippen LogP contribution in [-0.2, 0) is 9.53 Å². The zero-order chi connectivity index (χ0) is 22.3. The Labute approximate surface area is 181 Å². The highest BCUT2D eigenvalue weighted by molar-refractivity contribution is 6.30. The molecule has 2 aromatic rings. The van der Waals surface area contributed by atoms with E-state index >= 15 is 0 Å². The Morgan fingerprint density at radius 1 is 1.00 bits per heavy atom. The normalized spacial score (nSPS) is 12.7. The maximum Gasteiger partial charge on any atom is 0.329 e. The second kappa shape index (κ2) is 10.8. The van der Waals surface area contributed by atoms with Crippen LogP contribution in [0.25, 0.3) is 0 Å². The maximum absolute atomic E-state index is 12.8. The highest BCUT2D eigenvalue weighted by Crippen LogP contribution is 2.19. The Bertz CT molecular complexity index is 895. The number of benzene rings is 2. The number of ketones is 1. The standard InChI is InChI=1S/C23H26ClNO5/c1-5-29-19-9-7-6-8-18(19)22(27)25-20(14(2)3)23(28)30-15(4)21(26)16-10-12-17(24)13-11-16/h6-15,20H,5H2,1-4H3,(H,25,27)/t15?,20-/m0/s1. The van der Waals surface area contributed by atoms with Gasteiger partial charge in [0.15, 0.2) is 6.10 Å². The molecule has 0 spiro atoms. The molecule has 0 saturated carbocycles. The van der Waals surface area contributed by atoms with Crippen molar-refractivity contribution in [3.8, 4) is 5.75 Å². The molecule has 1 amide bonds. The van der Waals surface area contributed by atoms with Crippen LogP contribution in [0.15, 0.2) is 48.5 Å². The summed E-state index contributed by atoms with van der Waals surface area (Å²) in [7, 11) is 0. The number of hydrogen-bond donors (Lipinski definition) is 1. The Kier molecular flexibility index (Phi) is 8.42. The van der Waals surface area contributed by atoms with Crippen molar-refractivity contribution in [2.75, 3.05) is 6.61 Å². The summed E-state index contributed by atoms with van der Waals surface area (Å²) in [5, 5.41) is 3.21. The smallest absolute Gasteiger partial charge is 0.329 e. The molecule has 0 aromatic heterocycles.